The Bertz CT molecular complexity index is 614. The maximum absolute atomic E-state index is 11.1. The van der Waals surface area contributed by atoms with Crippen LogP contribution in [0.15, 0.2) is 29.0 Å². The predicted octanol–water partition coefficient (Wildman–Crippen LogP) is 3.76. The summed E-state index contributed by atoms with van der Waals surface area (Å²) in [6, 6.07) is 3.55. The van der Waals surface area contributed by atoms with Gasteiger partial charge in [0.05, 0.1) is 12.1 Å². The number of allylic oxidation sites excluding steroid dienone is 2. The van der Waals surface area contributed by atoms with Crippen LogP contribution in [-0.4, -0.2) is 13.4 Å². The van der Waals surface area contributed by atoms with E-state index in [1.54, 1.807) is 19.2 Å². The molecule has 1 aromatic carbocycles. The van der Waals surface area contributed by atoms with E-state index >= 15 is 0 Å². The highest BCUT2D eigenvalue weighted by Crippen LogP contribution is 2.43. The Morgan fingerprint density at radius 3 is 2.95 bits per heavy atom. The summed E-state index contributed by atoms with van der Waals surface area (Å²) >= 11 is 6.24. The number of carbonyl (C=O) groups excluding carboxylic acids is 1. The van der Waals surface area contributed by atoms with E-state index in [1.807, 2.05) is 6.08 Å². The lowest BCUT2D eigenvalue weighted by atomic mass is 9.90. The van der Waals surface area contributed by atoms with Crippen LogP contribution < -0.4 is 9.47 Å². The van der Waals surface area contributed by atoms with Crippen molar-refractivity contribution in [1.82, 2.24) is 0 Å². The van der Waals surface area contributed by atoms with Gasteiger partial charge in [-0.3, -0.25) is 4.79 Å². The Hall–Kier alpha value is -1.74. The molecule has 3 nitrogen and oxygen atoms in total. The molecule has 1 aliphatic carbocycles. The van der Waals surface area contributed by atoms with Crippen LogP contribution in [0.5, 0.6) is 11.5 Å². The van der Waals surface area contributed by atoms with Crippen molar-refractivity contribution in [1.29, 1.82) is 0 Å². The second kappa shape index (κ2) is 4.74. The molecule has 0 atom stereocenters. The third kappa shape index (κ3) is 2.04. The van der Waals surface area contributed by atoms with E-state index in [4.69, 9.17) is 21.1 Å². The number of carbonyl (C=O) groups is 1. The summed E-state index contributed by atoms with van der Waals surface area (Å²) in [5.41, 5.74) is 2.63. The zero-order valence-electron chi connectivity index (χ0n) is 10.5. The summed E-state index contributed by atoms with van der Waals surface area (Å²) in [6.45, 7) is 0. The molecule has 0 amide bonds. The maximum atomic E-state index is 11.1. The summed E-state index contributed by atoms with van der Waals surface area (Å²) < 4.78 is 11.1. The van der Waals surface area contributed by atoms with Crippen LogP contribution in [0, 0.1) is 0 Å². The minimum atomic E-state index is 0.596. The van der Waals surface area contributed by atoms with Gasteiger partial charge in [0.1, 0.15) is 23.5 Å². The summed E-state index contributed by atoms with van der Waals surface area (Å²) in [6.07, 6.45) is 5.54. The minimum absolute atomic E-state index is 0.596. The number of halogens is 1. The van der Waals surface area contributed by atoms with Gasteiger partial charge in [0.15, 0.2) is 0 Å². The molecule has 0 radical (unpaired) electrons. The van der Waals surface area contributed by atoms with Crippen molar-refractivity contribution in [2.24, 2.45) is 0 Å². The van der Waals surface area contributed by atoms with Gasteiger partial charge in [0.2, 0.25) is 0 Å². The first-order chi connectivity index (χ1) is 9.22. The van der Waals surface area contributed by atoms with Gasteiger partial charge in [0, 0.05) is 17.2 Å². The van der Waals surface area contributed by atoms with Gasteiger partial charge in [0.25, 0.3) is 0 Å². The minimum Gasteiger partial charge on any atom is -0.497 e. The highest BCUT2D eigenvalue weighted by atomic mass is 35.5. The van der Waals surface area contributed by atoms with Crippen molar-refractivity contribution >= 4 is 24.0 Å². The molecule has 0 saturated heterocycles. The first-order valence-electron chi connectivity index (χ1n) is 6.17. The lowest BCUT2D eigenvalue weighted by Crippen LogP contribution is -2.13. The quantitative estimate of drug-likeness (QED) is 0.772. The van der Waals surface area contributed by atoms with E-state index in [9.17, 15) is 4.79 Å². The Kier molecular flexibility index (Phi) is 3.07. The molecule has 4 heteroatoms. The van der Waals surface area contributed by atoms with Crippen LogP contribution in [-0.2, 0) is 4.79 Å². The monoisotopic (exact) mass is 276 g/mol. The third-order valence-electron chi connectivity index (χ3n) is 3.45. The number of ether oxygens (including phenoxy) is 2. The number of hydrogen-bond acceptors (Lipinski definition) is 3. The Morgan fingerprint density at radius 2 is 2.21 bits per heavy atom. The molecule has 1 aromatic rings. The van der Waals surface area contributed by atoms with Crippen molar-refractivity contribution in [3.05, 3.63) is 39.6 Å². The lowest BCUT2D eigenvalue weighted by molar-refractivity contribution is -0.105. The summed E-state index contributed by atoms with van der Waals surface area (Å²) in [4.78, 5) is 11.1. The van der Waals surface area contributed by atoms with Crippen LogP contribution in [0.3, 0.4) is 0 Å². The third-order valence-corrected chi connectivity index (χ3v) is 3.76. The number of hydrogen-bond donors (Lipinski definition) is 0. The fraction of sp³-hybridized carbons (Fsp3) is 0.267. The molecular weight excluding hydrogens is 264 g/mol. The Balaban J connectivity index is 2.16. The molecule has 1 heterocycles. The molecule has 0 saturated carbocycles. The molecule has 0 bridgehead atoms. The van der Waals surface area contributed by atoms with Crippen LogP contribution in [0.25, 0.3) is 6.08 Å². The molecule has 0 aromatic heterocycles. The average molecular weight is 277 g/mol. The van der Waals surface area contributed by atoms with Crippen molar-refractivity contribution in [3.8, 4) is 11.5 Å². The molecule has 19 heavy (non-hydrogen) atoms. The van der Waals surface area contributed by atoms with Gasteiger partial charge in [-0.2, -0.15) is 0 Å². The molecule has 98 valence electrons. The zero-order valence-corrected chi connectivity index (χ0v) is 11.3. The largest absolute Gasteiger partial charge is 0.497 e. The lowest BCUT2D eigenvalue weighted by Gasteiger charge is -2.26. The van der Waals surface area contributed by atoms with Gasteiger partial charge in [-0.05, 0) is 37.0 Å². The Labute approximate surface area is 116 Å². The van der Waals surface area contributed by atoms with Crippen LogP contribution >= 0.6 is 11.6 Å². The van der Waals surface area contributed by atoms with E-state index < -0.39 is 0 Å². The fourth-order valence-corrected chi connectivity index (χ4v) is 2.73. The Morgan fingerprint density at radius 1 is 1.37 bits per heavy atom. The molecular formula is C15H13ClO3. The predicted molar refractivity (Wildman–Crippen MR) is 73.6 cm³/mol. The van der Waals surface area contributed by atoms with Gasteiger partial charge < -0.3 is 9.47 Å². The summed E-state index contributed by atoms with van der Waals surface area (Å²) in [5, 5.41) is 0.596. The van der Waals surface area contributed by atoms with E-state index in [-0.39, 0.29) is 0 Å². The number of fused-ring (bicyclic) bond motifs is 2. The number of aldehydes is 1. The SMILES string of the molecule is COc1cc(Cl)c2c(c1)OC1=C(C=O)CCCC1=C2. The van der Waals surface area contributed by atoms with Gasteiger partial charge >= 0.3 is 0 Å². The molecule has 1 aliphatic heterocycles. The van der Waals surface area contributed by atoms with Crippen LogP contribution in [0.1, 0.15) is 24.8 Å². The highest BCUT2D eigenvalue weighted by Gasteiger charge is 2.25. The second-order valence-electron chi connectivity index (χ2n) is 4.62. The van der Waals surface area contributed by atoms with Crippen molar-refractivity contribution in [2.75, 3.05) is 7.11 Å². The summed E-state index contributed by atoms with van der Waals surface area (Å²) in [7, 11) is 1.58. The number of methoxy groups -OCH3 is 1. The number of benzene rings is 1. The van der Waals surface area contributed by atoms with Gasteiger partial charge in [-0.25, -0.2) is 0 Å². The molecule has 0 unspecified atom stereocenters. The second-order valence-corrected chi connectivity index (χ2v) is 5.03. The zero-order chi connectivity index (χ0) is 13.4. The molecule has 3 rings (SSSR count). The highest BCUT2D eigenvalue weighted by molar-refractivity contribution is 6.32. The summed E-state index contributed by atoms with van der Waals surface area (Å²) in [5.74, 6) is 1.98. The first-order valence-corrected chi connectivity index (χ1v) is 6.55. The van der Waals surface area contributed by atoms with Crippen LogP contribution in [0.4, 0.5) is 0 Å². The topological polar surface area (TPSA) is 35.5 Å². The molecule has 0 spiro atoms. The van der Waals surface area contributed by atoms with Gasteiger partial charge in [-0.15, -0.1) is 0 Å². The molecule has 2 aliphatic rings. The molecule has 0 fully saturated rings. The number of rotatable bonds is 2. The van der Waals surface area contributed by atoms with E-state index in [2.05, 4.69) is 0 Å². The average Bonchev–Trinajstić information content (AvgIpc) is 2.44. The molecule has 0 N–H and O–H groups in total. The fourth-order valence-electron chi connectivity index (χ4n) is 2.48. The van der Waals surface area contributed by atoms with Crippen molar-refractivity contribution < 1.29 is 14.3 Å². The standard InChI is InChI=1S/C15H13ClO3/c1-18-11-6-13(16)12-5-9-3-2-4-10(8-17)15(9)19-14(12)7-11/h5-8H,2-4H2,1H3. The normalized spacial score (nSPS) is 17.1. The van der Waals surface area contributed by atoms with Crippen molar-refractivity contribution in [2.45, 2.75) is 19.3 Å². The van der Waals surface area contributed by atoms with Crippen molar-refractivity contribution in [3.63, 3.8) is 0 Å². The van der Waals surface area contributed by atoms with Gasteiger partial charge in [-0.1, -0.05) is 11.6 Å². The van der Waals surface area contributed by atoms with E-state index in [0.717, 1.165) is 42.3 Å². The first kappa shape index (κ1) is 12.3. The van der Waals surface area contributed by atoms with E-state index in [1.165, 1.54) is 0 Å². The van der Waals surface area contributed by atoms with E-state index in [0.29, 0.717) is 22.3 Å². The van der Waals surface area contributed by atoms with Crippen LogP contribution in [0.2, 0.25) is 5.02 Å². The maximum Gasteiger partial charge on any atom is 0.149 e. The smallest absolute Gasteiger partial charge is 0.149 e.